The Kier molecular flexibility index (Phi) is 3.88. The van der Waals surface area contributed by atoms with Crippen molar-refractivity contribution in [2.75, 3.05) is 6.54 Å². The lowest BCUT2D eigenvalue weighted by atomic mass is 10.00. The minimum absolute atomic E-state index is 0.152. The fourth-order valence-corrected chi connectivity index (χ4v) is 2.58. The quantitative estimate of drug-likeness (QED) is 0.884. The highest BCUT2D eigenvalue weighted by Crippen LogP contribution is 2.41. The van der Waals surface area contributed by atoms with E-state index >= 15 is 0 Å². The molecule has 0 aliphatic heterocycles. The van der Waals surface area contributed by atoms with Crippen LogP contribution in [0.5, 0.6) is 0 Å². The molecular weight excluding hydrogens is 292 g/mol. The van der Waals surface area contributed by atoms with E-state index < -0.39 is 5.54 Å². The third-order valence-electron chi connectivity index (χ3n) is 4.24. The van der Waals surface area contributed by atoms with Crippen molar-refractivity contribution in [3.63, 3.8) is 0 Å². The average molecular weight is 316 g/mol. The monoisotopic (exact) mass is 316 g/mol. The Labute approximate surface area is 135 Å². The van der Waals surface area contributed by atoms with Crippen LogP contribution in [-0.2, 0) is 0 Å². The number of pyridine rings is 1. The highest BCUT2D eigenvalue weighted by Gasteiger charge is 2.30. The van der Waals surface area contributed by atoms with E-state index in [1.807, 2.05) is 33.8 Å². The van der Waals surface area contributed by atoms with Gasteiger partial charge in [-0.2, -0.15) is 0 Å². The Morgan fingerprint density at radius 2 is 2.17 bits per heavy atom. The SMILES string of the molecule is CC(C)c1noc2nc(C3CC3)cc(C(=O)NC(C)(C)CN)c12. The van der Waals surface area contributed by atoms with E-state index in [1.165, 1.54) is 0 Å². The summed E-state index contributed by atoms with van der Waals surface area (Å²) >= 11 is 0. The fourth-order valence-electron chi connectivity index (χ4n) is 2.58. The molecule has 0 aromatic carbocycles. The lowest BCUT2D eigenvalue weighted by Gasteiger charge is -2.24. The average Bonchev–Trinajstić information content (AvgIpc) is 3.24. The molecule has 2 heterocycles. The molecule has 1 fully saturated rings. The molecule has 0 atom stereocenters. The third-order valence-corrected chi connectivity index (χ3v) is 4.24. The van der Waals surface area contributed by atoms with Crippen molar-refractivity contribution in [1.29, 1.82) is 0 Å². The molecule has 1 saturated carbocycles. The minimum atomic E-state index is -0.471. The zero-order valence-corrected chi connectivity index (χ0v) is 14.1. The number of fused-ring (bicyclic) bond motifs is 1. The zero-order chi connectivity index (χ0) is 16.8. The Morgan fingerprint density at radius 3 is 2.74 bits per heavy atom. The van der Waals surface area contributed by atoms with E-state index in [4.69, 9.17) is 10.3 Å². The molecule has 3 N–H and O–H groups in total. The summed E-state index contributed by atoms with van der Waals surface area (Å²) in [5.74, 6) is 0.430. The summed E-state index contributed by atoms with van der Waals surface area (Å²) in [4.78, 5) is 17.4. The predicted octanol–water partition coefficient (Wildman–Crippen LogP) is 2.69. The summed E-state index contributed by atoms with van der Waals surface area (Å²) < 4.78 is 5.41. The fraction of sp³-hybridized carbons (Fsp3) is 0.588. The maximum atomic E-state index is 12.8. The highest BCUT2D eigenvalue weighted by atomic mass is 16.5. The van der Waals surface area contributed by atoms with Crippen molar-refractivity contribution >= 4 is 17.0 Å². The van der Waals surface area contributed by atoms with Crippen LogP contribution < -0.4 is 11.1 Å². The number of aromatic nitrogens is 2. The van der Waals surface area contributed by atoms with Crippen LogP contribution in [0.3, 0.4) is 0 Å². The van der Waals surface area contributed by atoms with Crippen LogP contribution in [0, 0.1) is 0 Å². The number of hydrogen-bond acceptors (Lipinski definition) is 5. The van der Waals surface area contributed by atoms with Gasteiger partial charge >= 0.3 is 0 Å². The van der Waals surface area contributed by atoms with Gasteiger partial charge in [-0.25, -0.2) is 4.98 Å². The zero-order valence-electron chi connectivity index (χ0n) is 14.1. The summed E-state index contributed by atoms with van der Waals surface area (Å²) in [6.45, 7) is 8.22. The summed E-state index contributed by atoms with van der Waals surface area (Å²) in [5, 5.41) is 7.85. The molecule has 0 unspecified atom stereocenters. The molecule has 0 bridgehead atoms. The Morgan fingerprint density at radius 1 is 1.48 bits per heavy atom. The van der Waals surface area contributed by atoms with Crippen LogP contribution in [0.4, 0.5) is 0 Å². The van der Waals surface area contributed by atoms with Gasteiger partial charge in [0, 0.05) is 23.7 Å². The summed E-state index contributed by atoms with van der Waals surface area (Å²) in [5.41, 5.74) is 7.99. The third kappa shape index (κ3) is 3.08. The lowest BCUT2D eigenvalue weighted by Crippen LogP contribution is -2.48. The van der Waals surface area contributed by atoms with Gasteiger partial charge in [-0.05, 0) is 38.7 Å². The van der Waals surface area contributed by atoms with Gasteiger partial charge < -0.3 is 15.6 Å². The van der Waals surface area contributed by atoms with Crippen LogP contribution in [0.1, 0.15) is 74.1 Å². The maximum absolute atomic E-state index is 12.8. The van der Waals surface area contributed by atoms with Crippen molar-refractivity contribution in [3.05, 3.63) is 23.0 Å². The van der Waals surface area contributed by atoms with Crippen molar-refractivity contribution in [2.45, 2.75) is 57.9 Å². The van der Waals surface area contributed by atoms with E-state index in [0.29, 0.717) is 23.7 Å². The molecular formula is C17H24N4O2. The first kappa shape index (κ1) is 15.9. The molecule has 1 amide bonds. The second kappa shape index (κ2) is 5.60. The number of amides is 1. The molecule has 0 saturated heterocycles. The minimum Gasteiger partial charge on any atom is -0.346 e. The normalized spacial score (nSPS) is 15.4. The molecule has 0 spiro atoms. The number of nitrogens with two attached hydrogens (primary N) is 1. The molecule has 2 aromatic rings. The Bertz CT molecular complexity index is 744. The van der Waals surface area contributed by atoms with Crippen LogP contribution in [0.25, 0.3) is 11.1 Å². The van der Waals surface area contributed by atoms with Crippen LogP contribution in [0.15, 0.2) is 10.6 Å². The molecule has 6 heteroatoms. The van der Waals surface area contributed by atoms with Gasteiger partial charge in [0.1, 0.15) is 0 Å². The van der Waals surface area contributed by atoms with Crippen molar-refractivity contribution in [3.8, 4) is 0 Å². The van der Waals surface area contributed by atoms with E-state index in [1.54, 1.807) is 0 Å². The number of carbonyl (C=O) groups excluding carboxylic acids is 1. The van der Waals surface area contributed by atoms with Crippen molar-refractivity contribution < 1.29 is 9.32 Å². The van der Waals surface area contributed by atoms with Gasteiger partial charge in [-0.15, -0.1) is 0 Å². The lowest BCUT2D eigenvalue weighted by molar-refractivity contribution is 0.0917. The molecule has 3 rings (SSSR count). The van der Waals surface area contributed by atoms with Gasteiger partial charge in [0.2, 0.25) is 0 Å². The van der Waals surface area contributed by atoms with Crippen molar-refractivity contribution in [1.82, 2.24) is 15.5 Å². The van der Waals surface area contributed by atoms with Crippen LogP contribution in [0.2, 0.25) is 0 Å². The second-order valence-corrected chi connectivity index (χ2v) is 7.31. The van der Waals surface area contributed by atoms with Crippen molar-refractivity contribution in [2.24, 2.45) is 5.73 Å². The molecule has 1 aliphatic carbocycles. The number of nitrogens with zero attached hydrogens (tertiary/aromatic N) is 2. The van der Waals surface area contributed by atoms with Crippen LogP contribution >= 0.6 is 0 Å². The first-order valence-corrected chi connectivity index (χ1v) is 8.15. The van der Waals surface area contributed by atoms with Crippen LogP contribution in [-0.4, -0.2) is 28.1 Å². The van der Waals surface area contributed by atoms with Gasteiger partial charge in [0.15, 0.2) is 0 Å². The summed E-state index contributed by atoms with van der Waals surface area (Å²) in [7, 11) is 0. The maximum Gasteiger partial charge on any atom is 0.259 e. The first-order chi connectivity index (χ1) is 10.8. The van der Waals surface area contributed by atoms with Gasteiger partial charge in [0.05, 0.1) is 16.6 Å². The van der Waals surface area contributed by atoms with E-state index in [0.717, 1.165) is 29.6 Å². The largest absolute Gasteiger partial charge is 0.346 e. The topological polar surface area (TPSA) is 94.0 Å². The number of rotatable bonds is 5. The van der Waals surface area contributed by atoms with Gasteiger partial charge in [-0.3, -0.25) is 4.79 Å². The molecule has 23 heavy (non-hydrogen) atoms. The second-order valence-electron chi connectivity index (χ2n) is 7.31. The summed E-state index contributed by atoms with van der Waals surface area (Å²) in [6.07, 6.45) is 2.22. The standard InChI is InChI=1S/C17H24N4O2/c1-9(2)14-13-11(15(22)20-17(3,4)8-18)7-12(10-5-6-10)19-16(13)23-21-14/h7,9-10H,5-6,8,18H2,1-4H3,(H,20,22). The smallest absolute Gasteiger partial charge is 0.259 e. The summed E-state index contributed by atoms with van der Waals surface area (Å²) in [6, 6.07) is 1.89. The molecule has 6 nitrogen and oxygen atoms in total. The molecule has 124 valence electrons. The predicted molar refractivity (Wildman–Crippen MR) is 88.5 cm³/mol. The Hall–Kier alpha value is -1.95. The van der Waals surface area contributed by atoms with E-state index in [9.17, 15) is 4.79 Å². The molecule has 1 aliphatic rings. The van der Waals surface area contributed by atoms with Gasteiger partial charge in [0.25, 0.3) is 11.6 Å². The first-order valence-electron chi connectivity index (χ1n) is 8.15. The Balaban J connectivity index is 2.11. The van der Waals surface area contributed by atoms with E-state index in [2.05, 4.69) is 15.5 Å². The number of carbonyl (C=O) groups is 1. The highest BCUT2D eigenvalue weighted by molar-refractivity contribution is 6.06. The molecule has 0 radical (unpaired) electrons. The van der Waals surface area contributed by atoms with E-state index in [-0.39, 0.29) is 11.8 Å². The number of hydrogen-bond donors (Lipinski definition) is 2. The number of nitrogens with one attached hydrogen (secondary N) is 1. The molecule has 2 aromatic heterocycles. The van der Waals surface area contributed by atoms with Gasteiger partial charge in [-0.1, -0.05) is 19.0 Å².